The second-order valence-corrected chi connectivity index (χ2v) is 7.63. The summed E-state index contributed by atoms with van der Waals surface area (Å²) in [6.07, 6.45) is -1.99. The van der Waals surface area contributed by atoms with Gasteiger partial charge in [0.2, 0.25) is 5.95 Å². The van der Waals surface area contributed by atoms with Gasteiger partial charge in [0.05, 0.1) is 17.3 Å². The molecule has 0 saturated carbocycles. The Balaban J connectivity index is 1.69. The summed E-state index contributed by atoms with van der Waals surface area (Å²) in [5.74, 6) is 0.476. The van der Waals surface area contributed by atoms with Crippen molar-refractivity contribution < 1.29 is 18.3 Å². The number of alkyl halides is 3. The lowest BCUT2D eigenvalue weighted by Crippen LogP contribution is -2.44. The molecule has 0 radical (unpaired) electrons. The van der Waals surface area contributed by atoms with E-state index in [1.165, 1.54) is 6.07 Å². The fourth-order valence-corrected chi connectivity index (χ4v) is 3.94. The Morgan fingerprint density at radius 2 is 1.97 bits per heavy atom. The number of anilines is 1. The molecule has 1 saturated heterocycles. The molecule has 10 heteroatoms. The standard InChI is InChI=1S/C19H21F3N6O/c1-11-7-13(10-27(2)9-11)24-18-26-25-17(15-5-6-23-28(15)18)14-4-3-12(8-16(14)29)19(20,21)22/h3-6,8,11,13,29H,7,9-10H2,1-2H3,(H,24,26)/t11-,13-/m1/s1. The number of phenols is 1. The number of hydrogen-bond acceptors (Lipinski definition) is 6. The van der Waals surface area contributed by atoms with Crippen LogP contribution in [-0.2, 0) is 6.18 Å². The van der Waals surface area contributed by atoms with E-state index in [0.29, 0.717) is 23.4 Å². The van der Waals surface area contributed by atoms with Crippen molar-refractivity contribution in [1.29, 1.82) is 0 Å². The summed E-state index contributed by atoms with van der Waals surface area (Å²) in [6.45, 7) is 4.08. The van der Waals surface area contributed by atoms with E-state index in [1.807, 2.05) is 0 Å². The summed E-state index contributed by atoms with van der Waals surface area (Å²) in [5, 5.41) is 26.2. The lowest BCUT2D eigenvalue weighted by molar-refractivity contribution is -0.137. The minimum atomic E-state index is -4.54. The van der Waals surface area contributed by atoms with E-state index >= 15 is 0 Å². The number of phenolic OH excluding ortho intramolecular Hbond substituents is 1. The van der Waals surface area contributed by atoms with Crippen LogP contribution in [0.4, 0.5) is 19.1 Å². The van der Waals surface area contributed by atoms with Gasteiger partial charge in [0.1, 0.15) is 11.4 Å². The summed E-state index contributed by atoms with van der Waals surface area (Å²) in [4.78, 5) is 2.24. The summed E-state index contributed by atoms with van der Waals surface area (Å²) < 4.78 is 40.2. The van der Waals surface area contributed by atoms with E-state index in [-0.39, 0.29) is 17.3 Å². The number of fused-ring (bicyclic) bond motifs is 1. The van der Waals surface area contributed by atoms with E-state index in [1.54, 1.807) is 16.8 Å². The highest BCUT2D eigenvalue weighted by Gasteiger charge is 2.31. The third kappa shape index (κ3) is 3.84. The van der Waals surface area contributed by atoms with Crippen molar-refractivity contribution in [2.45, 2.75) is 25.6 Å². The number of aromatic hydroxyl groups is 1. The smallest absolute Gasteiger partial charge is 0.416 e. The monoisotopic (exact) mass is 406 g/mol. The van der Waals surface area contributed by atoms with Gasteiger partial charge in [0.15, 0.2) is 0 Å². The largest absolute Gasteiger partial charge is 0.507 e. The normalized spacial score (nSPS) is 20.9. The summed E-state index contributed by atoms with van der Waals surface area (Å²) >= 11 is 0. The van der Waals surface area contributed by atoms with E-state index in [9.17, 15) is 18.3 Å². The first-order valence-corrected chi connectivity index (χ1v) is 9.28. The Morgan fingerprint density at radius 1 is 1.17 bits per heavy atom. The maximum Gasteiger partial charge on any atom is 0.416 e. The molecule has 2 N–H and O–H groups in total. The Hall–Kier alpha value is -2.88. The van der Waals surface area contributed by atoms with E-state index in [2.05, 4.69) is 39.5 Å². The number of nitrogens with zero attached hydrogens (tertiary/aromatic N) is 5. The molecule has 3 heterocycles. The molecule has 0 bridgehead atoms. The van der Waals surface area contributed by atoms with Crippen LogP contribution in [0.25, 0.3) is 16.8 Å². The number of halogens is 3. The Morgan fingerprint density at radius 3 is 2.66 bits per heavy atom. The van der Waals surface area contributed by atoms with Crippen LogP contribution in [0.1, 0.15) is 18.9 Å². The molecule has 1 fully saturated rings. The van der Waals surface area contributed by atoms with Crippen LogP contribution < -0.4 is 5.32 Å². The van der Waals surface area contributed by atoms with Crippen LogP contribution in [0.5, 0.6) is 5.75 Å². The molecular weight excluding hydrogens is 385 g/mol. The minimum Gasteiger partial charge on any atom is -0.507 e. The zero-order valence-electron chi connectivity index (χ0n) is 16.0. The molecule has 1 aliphatic heterocycles. The maximum atomic E-state index is 12.9. The molecule has 3 aromatic rings. The molecule has 0 unspecified atom stereocenters. The number of likely N-dealkylation sites (tertiary alicyclic amines) is 1. The molecule has 1 aromatic carbocycles. The van der Waals surface area contributed by atoms with Crippen LogP contribution in [0.15, 0.2) is 30.5 Å². The highest BCUT2D eigenvalue weighted by atomic mass is 19.4. The van der Waals surface area contributed by atoms with Gasteiger partial charge in [0.25, 0.3) is 0 Å². The number of nitrogens with one attached hydrogen (secondary N) is 1. The highest BCUT2D eigenvalue weighted by molar-refractivity contribution is 5.80. The molecule has 7 nitrogen and oxygen atoms in total. The van der Waals surface area contributed by atoms with Crippen LogP contribution in [0, 0.1) is 5.92 Å². The van der Waals surface area contributed by atoms with Crippen LogP contribution in [0.3, 0.4) is 0 Å². The zero-order chi connectivity index (χ0) is 20.8. The average Bonchev–Trinajstić information content (AvgIpc) is 3.11. The van der Waals surface area contributed by atoms with Gasteiger partial charge < -0.3 is 15.3 Å². The SMILES string of the molecule is C[C@@H]1C[C@@H](Nc2nnc(-c3ccc(C(F)(F)F)cc3O)c3ccnn23)CN(C)C1. The van der Waals surface area contributed by atoms with Gasteiger partial charge in [-0.1, -0.05) is 6.92 Å². The minimum absolute atomic E-state index is 0.161. The second-order valence-electron chi connectivity index (χ2n) is 7.63. The number of benzene rings is 1. The molecule has 0 aliphatic carbocycles. The van der Waals surface area contributed by atoms with Gasteiger partial charge in [-0.25, -0.2) is 0 Å². The number of hydrogen-bond donors (Lipinski definition) is 2. The molecule has 0 amide bonds. The first kappa shape index (κ1) is 19.4. The fraction of sp³-hybridized carbons (Fsp3) is 0.421. The van der Waals surface area contributed by atoms with Gasteiger partial charge in [0, 0.05) is 24.7 Å². The molecule has 29 heavy (non-hydrogen) atoms. The van der Waals surface area contributed by atoms with Crippen molar-refractivity contribution >= 4 is 11.5 Å². The maximum absolute atomic E-state index is 12.9. The van der Waals surface area contributed by atoms with E-state index in [0.717, 1.165) is 25.6 Å². The molecule has 4 rings (SSSR count). The Kier molecular flexibility index (Phi) is 4.81. The lowest BCUT2D eigenvalue weighted by Gasteiger charge is -2.34. The first-order chi connectivity index (χ1) is 13.7. The number of likely N-dealkylation sites (N-methyl/N-ethyl adjacent to an activating group) is 1. The van der Waals surface area contributed by atoms with Crippen molar-refractivity contribution in [3.63, 3.8) is 0 Å². The van der Waals surface area contributed by atoms with Crippen molar-refractivity contribution in [2.24, 2.45) is 5.92 Å². The quantitative estimate of drug-likeness (QED) is 0.695. The van der Waals surface area contributed by atoms with Crippen LogP contribution in [0.2, 0.25) is 0 Å². The fourth-order valence-electron chi connectivity index (χ4n) is 3.94. The topological polar surface area (TPSA) is 78.6 Å². The van der Waals surface area contributed by atoms with Gasteiger partial charge in [-0.3, -0.25) is 0 Å². The second kappa shape index (κ2) is 7.18. The zero-order valence-corrected chi connectivity index (χ0v) is 16.0. The summed E-state index contributed by atoms with van der Waals surface area (Å²) in [5.41, 5.74) is 0.0295. The van der Waals surface area contributed by atoms with Crippen molar-refractivity contribution in [3.8, 4) is 17.0 Å². The number of piperidine rings is 1. The predicted molar refractivity (Wildman–Crippen MR) is 102 cm³/mol. The molecule has 2 atom stereocenters. The summed E-state index contributed by atoms with van der Waals surface area (Å²) in [6, 6.07) is 4.66. The van der Waals surface area contributed by atoms with Crippen molar-refractivity contribution in [2.75, 3.05) is 25.5 Å². The van der Waals surface area contributed by atoms with Crippen molar-refractivity contribution in [1.82, 2.24) is 24.7 Å². The average molecular weight is 406 g/mol. The number of rotatable bonds is 3. The number of aromatic nitrogens is 4. The molecular formula is C19H21F3N6O. The Bertz CT molecular complexity index is 1020. The van der Waals surface area contributed by atoms with E-state index < -0.39 is 17.5 Å². The van der Waals surface area contributed by atoms with Gasteiger partial charge in [-0.15, -0.1) is 10.2 Å². The molecule has 154 valence electrons. The van der Waals surface area contributed by atoms with Gasteiger partial charge >= 0.3 is 6.18 Å². The molecule has 1 aliphatic rings. The molecule has 2 aromatic heterocycles. The third-order valence-electron chi connectivity index (χ3n) is 5.09. The summed E-state index contributed by atoms with van der Waals surface area (Å²) in [7, 11) is 2.07. The van der Waals surface area contributed by atoms with E-state index in [4.69, 9.17) is 0 Å². The highest BCUT2D eigenvalue weighted by Crippen LogP contribution is 2.37. The first-order valence-electron chi connectivity index (χ1n) is 9.28. The van der Waals surface area contributed by atoms with Gasteiger partial charge in [-0.2, -0.15) is 22.8 Å². The predicted octanol–water partition coefficient (Wildman–Crippen LogP) is 3.27. The van der Waals surface area contributed by atoms with Gasteiger partial charge in [-0.05, 0) is 43.7 Å². The van der Waals surface area contributed by atoms with Crippen LogP contribution >= 0.6 is 0 Å². The van der Waals surface area contributed by atoms with Crippen molar-refractivity contribution in [3.05, 3.63) is 36.0 Å². The Labute approximate surface area is 165 Å². The molecule has 0 spiro atoms. The lowest BCUT2D eigenvalue weighted by atomic mass is 9.96. The third-order valence-corrected chi connectivity index (χ3v) is 5.09. The van der Waals surface area contributed by atoms with Crippen LogP contribution in [-0.4, -0.2) is 56.0 Å².